The summed E-state index contributed by atoms with van der Waals surface area (Å²) in [5.41, 5.74) is 0.837. The quantitative estimate of drug-likeness (QED) is 0.570. The molecule has 0 saturated carbocycles. The van der Waals surface area contributed by atoms with Crippen molar-refractivity contribution in [1.29, 1.82) is 0 Å². The summed E-state index contributed by atoms with van der Waals surface area (Å²) >= 11 is 0. The first-order valence-electron chi connectivity index (χ1n) is 9.16. The zero-order chi connectivity index (χ0) is 22.6. The largest absolute Gasteiger partial charge is 0.497 e. The number of anilines is 2. The maximum absolute atomic E-state index is 13.8. The molecule has 3 aromatic rings. The van der Waals surface area contributed by atoms with Crippen molar-refractivity contribution in [3.05, 3.63) is 77.6 Å². The maximum Gasteiger partial charge on any atom is 0.262 e. The summed E-state index contributed by atoms with van der Waals surface area (Å²) in [4.78, 5) is 12.6. The van der Waals surface area contributed by atoms with Crippen LogP contribution in [-0.4, -0.2) is 28.5 Å². The van der Waals surface area contributed by atoms with Gasteiger partial charge in [-0.1, -0.05) is 18.2 Å². The van der Waals surface area contributed by atoms with Gasteiger partial charge < -0.3 is 14.8 Å². The topological polar surface area (TPSA) is 93.7 Å². The molecule has 3 aromatic carbocycles. The number of sulfonamides is 1. The lowest BCUT2D eigenvalue weighted by atomic mass is 10.1. The standard InChI is InChI=1S/C22H21FN2O5S/c1-14-8-10-16(13-18(14)23)31(27,28)25-19-7-5-4-6-17(19)22(26)24-20-11-9-15(29-2)12-21(20)30-3/h4-13,25H,1-3H3,(H,24,26). The van der Waals surface area contributed by atoms with Gasteiger partial charge in [0.1, 0.15) is 17.3 Å². The zero-order valence-corrected chi connectivity index (χ0v) is 17.9. The molecule has 0 aliphatic carbocycles. The van der Waals surface area contributed by atoms with Crippen LogP contribution in [0.3, 0.4) is 0 Å². The van der Waals surface area contributed by atoms with Crippen LogP contribution in [0.15, 0.2) is 65.6 Å². The van der Waals surface area contributed by atoms with E-state index in [0.717, 1.165) is 6.07 Å². The molecule has 162 valence electrons. The smallest absolute Gasteiger partial charge is 0.262 e. The van der Waals surface area contributed by atoms with E-state index in [2.05, 4.69) is 10.0 Å². The molecular formula is C22H21FN2O5S. The van der Waals surface area contributed by atoms with Gasteiger partial charge in [-0.05, 0) is 48.9 Å². The Morgan fingerprint density at radius 2 is 1.68 bits per heavy atom. The van der Waals surface area contributed by atoms with E-state index >= 15 is 0 Å². The van der Waals surface area contributed by atoms with Crippen LogP contribution in [-0.2, 0) is 10.0 Å². The summed E-state index contributed by atoms with van der Waals surface area (Å²) in [6.07, 6.45) is 0. The number of halogens is 1. The minimum atomic E-state index is -4.11. The second kappa shape index (κ2) is 9.05. The molecule has 0 saturated heterocycles. The van der Waals surface area contributed by atoms with Crippen LogP contribution in [0.4, 0.5) is 15.8 Å². The minimum absolute atomic E-state index is 0.0495. The number of methoxy groups -OCH3 is 2. The van der Waals surface area contributed by atoms with Gasteiger partial charge in [-0.15, -0.1) is 0 Å². The van der Waals surface area contributed by atoms with Crippen molar-refractivity contribution in [1.82, 2.24) is 0 Å². The van der Waals surface area contributed by atoms with Crippen LogP contribution in [0.5, 0.6) is 11.5 Å². The average molecular weight is 444 g/mol. The van der Waals surface area contributed by atoms with Gasteiger partial charge in [0.25, 0.3) is 15.9 Å². The molecule has 2 N–H and O–H groups in total. The summed E-state index contributed by atoms with van der Waals surface area (Å²) in [5, 5.41) is 2.70. The van der Waals surface area contributed by atoms with Crippen molar-refractivity contribution in [2.75, 3.05) is 24.3 Å². The third-order valence-corrected chi connectivity index (χ3v) is 5.89. The molecule has 0 unspecified atom stereocenters. The highest BCUT2D eigenvalue weighted by molar-refractivity contribution is 7.92. The fourth-order valence-corrected chi connectivity index (χ4v) is 3.90. The van der Waals surface area contributed by atoms with Crippen molar-refractivity contribution in [3.8, 4) is 11.5 Å². The number of hydrogen-bond donors (Lipinski definition) is 2. The van der Waals surface area contributed by atoms with Crippen LogP contribution in [0.25, 0.3) is 0 Å². The number of ether oxygens (including phenoxy) is 2. The Balaban J connectivity index is 1.90. The van der Waals surface area contributed by atoms with Gasteiger partial charge in [0.05, 0.1) is 36.1 Å². The first-order valence-corrected chi connectivity index (χ1v) is 10.6. The van der Waals surface area contributed by atoms with E-state index in [4.69, 9.17) is 9.47 Å². The van der Waals surface area contributed by atoms with Gasteiger partial charge >= 0.3 is 0 Å². The minimum Gasteiger partial charge on any atom is -0.497 e. The third kappa shape index (κ3) is 4.95. The molecule has 31 heavy (non-hydrogen) atoms. The Kier molecular flexibility index (Phi) is 6.45. The number of hydrogen-bond acceptors (Lipinski definition) is 5. The zero-order valence-electron chi connectivity index (χ0n) is 17.1. The lowest BCUT2D eigenvalue weighted by molar-refractivity contribution is 0.102. The highest BCUT2D eigenvalue weighted by Crippen LogP contribution is 2.30. The molecule has 0 fully saturated rings. The van der Waals surface area contributed by atoms with Gasteiger partial charge in [0.15, 0.2) is 0 Å². The van der Waals surface area contributed by atoms with Gasteiger partial charge in [0, 0.05) is 6.07 Å². The van der Waals surface area contributed by atoms with E-state index in [1.54, 1.807) is 30.3 Å². The van der Waals surface area contributed by atoms with Crippen LogP contribution in [0.1, 0.15) is 15.9 Å². The summed E-state index contributed by atoms with van der Waals surface area (Å²) in [7, 11) is -1.15. The monoisotopic (exact) mass is 444 g/mol. The second-order valence-electron chi connectivity index (χ2n) is 6.58. The normalized spacial score (nSPS) is 11.0. The molecular weight excluding hydrogens is 423 g/mol. The van der Waals surface area contributed by atoms with E-state index in [-0.39, 0.29) is 16.1 Å². The van der Waals surface area contributed by atoms with Crippen LogP contribution in [0.2, 0.25) is 0 Å². The average Bonchev–Trinajstić information content (AvgIpc) is 2.75. The number of aryl methyl sites for hydroxylation is 1. The number of rotatable bonds is 7. The number of benzene rings is 3. The van der Waals surface area contributed by atoms with Gasteiger partial charge in [0.2, 0.25) is 0 Å². The van der Waals surface area contributed by atoms with Crippen LogP contribution in [0, 0.1) is 12.7 Å². The fraction of sp³-hybridized carbons (Fsp3) is 0.136. The Morgan fingerprint density at radius 1 is 0.935 bits per heavy atom. The van der Waals surface area contributed by atoms with Crippen molar-refractivity contribution >= 4 is 27.3 Å². The number of nitrogens with one attached hydrogen (secondary N) is 2. The van der Waals surface area contributed by atoms with Crippen molar-refractivity contribution < 1.29 is 27.1 Å². The lowest BCUT2D eigenvalue weighted by Crippen LogP contribution is -2.19. The van der Waals surface area contributed by atoms with E-state index in [9.17, 15) is 17.6 Å². The SMILES string of the molecule is COc1ccc(NC(=O)c2ccccc2NS(=O)(=O)c2ccc(C)c(F)c2)c(OC)c1. The summed E-state index contributed by atoms with van der Waals surface area (Å²) in [5.74, 6) is -0.272. The Morgan fingerprint density at radius 3 is 2.35 bits per heavy atom. The number of carbonyl (C=O) groups is 1. The fourth-order valence-electron chi connectivity index (χ4n) is 2.81. The van der Waals surface area contributed by atoms with Crippen molar-refractivity contribution in [2.24, 2.45) is 0 Å². The number of carbonyl (C=O) groups excluding carboxylic acids is 1. The van der Waals surface area contributed by atoms with Crippen LogP contribution >= 0.6 is 0 Å². The Labute approximate surface area is 179 Å². The highest BCUT2D eigenvalue weighted by Gasteiger charge is 2.20. The molecule has 0 aliphatic heterocycles. The van der Waals surface area contributed by atoms with E-state index in [1.165, 1.54) is 45.4 Å². The highest BCUT2D eigenvalue weighted by atomic mass is 32.2. The first kappa shape index (κ1) is 22.1. The molecule has 0 aromatic heterocycles. The van der Waals surface area contributed by atoms with Gasteiger partial charge in [-0.3, -0.25) is 9.52 Å². The van der Waals surface area contributed by atoms with E-state index < -0.39 is 21.7 Å². The van der Waals surface area contributed by atoms with Gasteiger partial charge in [-0.25, -0.2) is 12.8 Å². The molecule has 9 heteroatoms. The first-order chi connectivity index (χ1) is 14.7. The Hall–Kier alpha value is -3.59. The van der Waals surface area contributed by atoms with Gasteiger partial charge in [-0.2, -0.15) is 0 Å². The molecule has 0 spiro atoms. The van der Waals surface area contributed by atoms with Crippen molar-refractivity contribution in [2.45, 2.75) is 11.8 Å². The predicted octanol–water partition coefficient (Wildman–Crippen LogP) is 4.20. The maximum atomic E-state index is 13.8. The van der Waals surface area contributed by atoms with E-state index in [0.29, 0.717) is 22.7 Å². The van der Waals surface area contributed by atoms with Crippen molar-refractivity contribution in [3.63, 3.8) is 0 Å². The second-order valence-corrected chi connectivity index (χ2v) is 8.26. The summed E-state index contributed by atoms with van der Waals surface area (Å²) in [6.45, 7) is 1.53. The molecule has 3 rings (SSSR count). The predicted molar refractivity (Wildman–Crippen MR) is 116 cm³/mol. The molecule has 0 heterocycles. The molecule has 1 amide bonds. The third-order valence-electron chi connectivity index (χ3n) is 4.53. The molecule has 7 nitrogen and oxygen atoms in total. The lowest BCUT2D eigenvalue weighted by Gasteiger charge is -2.15. The van der Waals surface area contributed by atoms with E-state index in [1.807, 2.05) is 0 Å². The molecule has 0 aliphatic rings. The summed E-state index contributed by atoms with van der Waals surface area (Å²) in [6, 6.07) is 14.6. The molecule has 0 atom stereocenters. The number of para-hydroxylation sites is 1. The number of amides is 1. The molecule has 0 bridgehead atoms. The Bertz CT molecular complexity index is 1230. The molecule has 0 radical (unpaired) electrons. The van der Waals surface area contributed by atoms with Crippen LogP contribution < -0.4 is 19.5 Å². The summed E-state index contributed by atoms with van der Waals surface area (Å²) < 4.78 is 52.1.